The second-order valence-corrected chi connectivity index (χ2v) is 5.35. The van der Waals surface area contributed by atoms with Gasteiger partial charge in [-0.3, -0.25) is 0 Å². The Hall–Kier alpha value is -2.04. The zero-order valence-electron chi connectivity index (χ0n) is 13.1. The molecule has 0 saturated carbocycles. The molecule has 0 saturated heterocycles. The van der Waals surface area contributed by atoms with Gasteiger partial charge in [-0.2, -0.15) is 0 Å². The number of benzene rings is 2. The van der Waals surface area contributed by atoms with E-state index < -0.39 is 0 Å². The van der Waals surface area contributed by atoms with Crippen LogP contribution in [0.5, 0.6) is 11.5 Å². The quantitative estimate of drug-likeness (QED) is 0.736. The molecule has 118 valence electrons. The first-order chi connectivity index (χ1) is 10.6. The molecule has 0 radical (unpaired) electrons. The topological polar surface area (TPSA) is 61.7 Å². The molecule has 0 aliphatic heterocycles. The van der Waals surface area contributed by atoms with Crippen LogP contribution in [0.3, 0.4) is 0 Å². The number of aliphatic hydroxyl groups is 1. The van der Waals surface area contributed by atoms with Gasteiger partial charge in [-0.25, -0.2) is 0 Å². The molecule has 4 heteroatoms. The lowest BCUT2D eigenvalue weighted by molar-refractivity contribution is 0.200. The molecule has 22 heavy (non-hydrogen) atoms. The first-order valence-corrected chi connectivity index (χ1v) is 7.43. The number of aliphatic hydroxyl groups excluding tert-OH is 1. The van der Waals surface area contributed by atoms with Crippen LogP contribution < -0.4 is 10.1 Å². The van der Waals surface area contributed by atoms with Crippen LogP contribution in [0.15, 0.2) is 36.4 Å². The van der Waals surface area contributed by atoms with Gasteiger partial charge in [0.05, 0.1) is 6.61 Å². The number of ether oxygens (including phenoxy) is 1. The molecule has 0 unspecified atom stereocenters. The third-order valence-corrected chi connectivity index (χ3v) is 3.65. The number of aromatic hydroxyl groups is 1. The summed E-state index contributed by atoms with van der Waals surface area (Å²) in [6, 6.07) is 11.5. The molecule has 0 heterocycles. The minimum absolute atomic E-state index is 0.00171. The lowest BCUT2D eigenvalue weighted by Gasteiger charge is -2.13. The van der Waals surface area contributed by atoms with Crippen molar-refractivity contribution in [2.45, 2.75) is 26.9 Å². The Morgan fingerprint density at radius 3 is 2.45 bits per heavy atom. The maximum Gasteiger partial charge on any atom is 0.123 e. The molecule has 0 aliphatic carbocycles. The number of aryl methyl sites for hydroxylation is 2. The molecule has 2 rings (SSSR count). The van der Waals surface area contributed by atoms with E-state index in [0.29, 0.717) is 18.8 Å². The van der Waals surface area contributed by atoms with Crippen molar-refractivity contribution in [1.29, 1.82) is 0 Å². The van der Waals surface area contributed by atoms with Crippen molar-refractivity contribution >= 4 is 0 Å². The van der Waals surface area contributed by atoms with Gasteiger partial charge in [0.1, 0.15) is 18.1 Å². The predicted molar refractivity (Wildman–Crippen MR) is 87.1 cm³/mol. The van der Waals surface area contributed by atoms with Crippen LogP contribution in [0.2, 0.25) is 0 Å². The van der Waals surface area contributed by atoms with Gasteiger partial charge in [-0.05, 0) is 37.1 Å². The largest absolute Gasteiger partial charge is 0.508 e. The Balaban J connectivity index is 1.98. The highest BCUT2D eigenvalue weighted by molar-refractivity contribution is 5.41. The van der Waals surface area contributed by atoms with E-state index in [1.165, 1.54) is 5.56 Å². The monoisotopic (exact) mass is 301 g/mol. The number of phenolic OH excluding ortho intramolecular Hbond substituents is 1. The van der Waals surface area contributed by atoms with Crippen LogP contribution in [-0.4, -0.2) is 23.4 Å². The summed E-state index contributed by atoms with van der Waals surface area (Å²) in [6.07, 6.45) is 0. The van der Waals surface area contributed by atoms with Gasteiger partial charge in [-0.15, -0.1) is 0 Å². The summed E-state index contributed by atoms with van der Waals surface area (Å²) in [5.41, 5.74) is 4.17. The molecule has 2 aromatic rings. The maximum atomic E-state index is 9.99. The van der Waals surface area contributed by atoms with Gasteiger partial charge < -0.3 is 20.3 Å². The lowest BCUT2D eigenvalue weighted by Crippen LogP contribution is -2.14. The zero-order chi connectivity index (χ0) is 15.9. The van der Waals surface area contributed by atoms with Crippen LogP contribution in [0, 0.1) is 13.8 Å². The Kier molecular flexibility index (Phi) is 5.81. The lowest BCUT2D eigenvalue weighted by atomic mass is 10.0. The number of rotatable bonds is 7. The fourth-order valence-corrected chi connectivity index (χ4v) is 2.28. The SMILES string of the molecule is Cc1cc(O)c(CNCc2ccccc2OCCO)cc1C. The number of hydrogen-bond donors (Lipinski definition) is 3. The molecule has 0 atom stereocenters. The average molecular weight is 301 g/mol. The highest BCUT2D eigenvalue weighted by Crippen LogP contribution is 2.22. The molecule has 0 spiro atoms. The number of phenols is 1. The van der Waals surface area contributed by atoms with E-state index in [4.69, 9.17) is 9.84 Å². The second-order valence-electron chi connectivity index (χ2n) is 5.35. The van der Waals surface area contributed by atoms with Crippen LogP contribution in [0.25, 0.3) is 0 Å². The van der Waals surface area contributed by atoms with Crippen molar-refractivity contribution in [3.8, 4) is 11.5 Å². The first kappa shape index (κ1) is 16.3. The van der Waals surface area contributed by atoms with Gasteiger partial charge >= 0.3 is 0 Å². The summed E-state index contributed by atoms with van der Waals surface area (Å²) in [5, 5.41) is 22.2. The van der Waals surface area contributed by atoms with E-state index in [0.717, 1.165) is 22.4 Å². The second kappa shape index (κ2) is 7.82. The van der Waals surface area contributed by atoms with E-state index >= 15 is 0 Å². The van der Waals surface area contributed by atoms with Crippen LogP contribution >= 0.6 is 0 Å². The molecule has 0 bridgehead atoms. The summed E-state index contributed by atoms with van der Waals surface area (Å²) in [4.78, 5) is 0. The van der Waals surface area contributed by atoms with Gasteiger partial charge in [-0.1, -0.05) is 24.3 Å². The van der Waals surface area contributed by atoms with Crippen LogP contribution in [-0.2, 0) is 13.1 Å². The Morgan fingerprint density at radius 1 is 1.00 bits per heavy atom. The summed E-state index contributed by atoms with van der Waals surface area (Å²) in [5.74, 6) is 1.09. The molecular weight excluding hydrogens is 278 g/mol. The van der Waals surface area contributed by atoms with Crippen LogP contribution in [0.1, 0.15) is 22.3 Å². The summed E-state index contributed by atoms with van der Waals surface area (Å²) >= 11 is 0. The smallest absolute Gasteiger partial charge is 0.123 e. The van der Waals surface area contributed by atoms with Crippen molar-refractivity contribution < 1.29 is 14.9 Å². The van der Waals surface area contributed by atoms with E-state index in [2.05, 4.69) is 5.32 Å². The average Bonchev–Trinajstić information content (AvgIpc) is 2.51. The minimum atomic E-state index is -0.00171. The summed E-state index contributed by atoms with van der Waals surface area (Å²) in [7, 11) is 0. The van der Waals surface area contributed by atoms with Crippen molar-refractivity contribution in [3.05, 3.63) is 58.7 Å². The molecule has 0 aliphatic rings. The Bertz CT molecular complexity index is 626. The van der Waals surface area contributed by atoms with Crippen molar-refractivity contribution in [2.75, 3.05) is 13.2 Å². The number of para-hydroxylation sites is 1. The van der Waals surface area contributed by atoms with Gasteiger partial charge in [0.15, 0.2) is 0 Å². The number of hydrogen-bond acceptors (Lipinski definition) is 4. The standard InChI is InChI=1S/C18H23NO3/c1-13-9-16(17(21)10-14(13)2)12-19-11-15-5-3-4-6-18(15)22-8-7-20/h3-6,9-10,19-21H,7-8,11-12H2,1-2H3. The van der Waals surface area contributed by atoms with E-state index in [1.54, 1.807) is 6.07 Å². The Morgan fingerprint density at radius 2 is 1.68 bits per heavy atom. The van der Waals surface area contributed by atoms with Gasteiger partial charge in [0.25, 0.3) is 0 Å². The molecule has 0 fully saturated rings. The van der Waals surface area contributed by atoms with Crippen LogP contribution in [0.4, 0.5) is 0 Å². The Labute approximate surface area is 131 Å². The minimum Gasteiger partial charge on any atom is -0.508 e. The fourth-order valence-electron chi connectivity index (χ4n) is 2.28. The molecule has 4 nitrogen and oxygen atoms in total. The zero-order valence-corrected chi connectivity index (χ0v) is 13.1. The summed E-state index contributed by atoms with van der Waals surface area (Å²) < 4.78 is 5.51. The summed E-state index contributed by atoms with van der Waals surface area (Å²) in [6.45, 7) is 5.53. The number of nitrogens with one attached hydrogen (secondary N) is 1. The maximum absolute atomic E-state index is 9.99. The predicted octanol–water partition coefficient (Wildman–Crippen LogP) is 2.67. The van der Waals surface area contributed by atoms with E-state index in [9.17, 15) is 5.11 Å². The molecule has 0 amide bonds. The van der Waals surface area contributed by atoms with Gasteiger partial charge in [0, 0.05) is 24.2 Å². The van der Waals surface area contributed by atoms with Crippen molar-refractivity contribution in [3.63, 3.8) is 0 Å². The van der Waals surface area contributed by atoms with E-state index in [-0.39, 0.29) is 13.2 Å². The normalized spacial score (nSPS) is 10.7. The molecule has 3 N–H and O–H groups in total. The molecule has 2 aromatic carbocycles. The fraction of sp³-hybridized carbons (Fsp3) is 0.333. The first-order valence-electron chi connectivity index (χ1n) is 7.43. The van der Waals surface area contributed by atoms with Gasteiger partial charge in [0.2, 0.25) is 0 Å². The molecule has 0 aromatic heterocycles. The highest BCUT2D eigenvalue weighted by Gasteiger charge is 2.06. The third-order valence-electron chi connectivity index (χ3n) is 3.65. The van der Waals surface area contributed by atoms with Crippen molar-refractivity contribution in [1.82, 2.24) is 5.32 Å². The highest BCUT2D eigenvalue weighted by atomic mass is 16.5. The van der Waals surface area contributed by atoms with Crippen molar-refractivity contribution in [2.24, 2.45) is 0 Å². The van der Waals surface area contributed by atoms with E-state index in [1.807, 2.05) is 44.2 Å². The third kappa shape index (κ3) is 4.23. The molecular formula is C18H23NO3.